The quantitative estimate of drug-likeness (QED) is 0.812. The minimum absolute atomic E-state index is 0.0624. The summed E-state index contributed by atoms with van der Waals surface area (Å²) in [5.41, 5.74) is 2.08. The third-order valence-corrected chi connectivity index (χ3v) is 2.96. The highest BCUT2D eigenvalue weighted by Crippen LogP contribution is 2.19. The van der Waals surface area contributed by atoms with Crippen molar-refractivity contribution in [2.75, 3.05) is 13.2 Å². The van der Waals surface area contributed by atoms with Gasteiger partial charge in [0.1, 0.15) is 6.61 Å². The lowest BCUT2D eigenvalue weighted by Gasteiger charge is -2.10. The largest absolute Gasteiger partial charge is 0.485 e. The smallest absolute Gasteiger partial charge is 0.165 e. The molecule has 0 radical (unpaired) electrons. The average molecular weight is 306 g/mol. The molecule has 1 aromatic carbocycles. The molecule has 2 nitrogen and oxygen atoms in total. The fourth-order valence-corrected chi connectivity index (χ4v) is 1.57. The van der Waals surface area contributed by atoms with Crippen molar-refractivity contribution in [2.24, 2.45) is 5.92 Å². The van der Waals surface area contributed by atoms with E-state index in [1.54, 1.807) is 6.07 Å². The van der Waals surface area contributed by atoms with Crippen molar-refractivity contribution in [1.29, 1.82) is 0 Å². The van der Waals surface area contributed by atoms with Crippen LogP contribution in [0.2, 0.25) is 0 Å². The summed E-state index contributed by atoms with van der Waals surface area (Å²) in [7, 11) is 0. The van der Waals surface area contributed by atoms with E-state index < -0.39 is 5.82 Å². The van der Waals surface area contributed by atoms with Crippen molar-refractivity contribution in [3.63, 3.8) is 0 Å². The summed E-state index contributed by atoms with van der Waals surface area (Å²) >= 11 is 11.1. The fourth-order valence-electron chi connectivity index (χ4n) is 1.45. The summed E-state index contributed by atoms with van der Waals surface area (Å²) in [5.74, 6) is 0.337. The van der Waals surface area contributed by atoms with Crippen molar-refractivity contribution in [1.82, 2.24) is 5.32 Å². The molecule has 0 saturated heterocycles. The van der Waals surface area contributed by atoms with Gasteiger partial charge in [0.05, 0.1) is 5.03 Å². The molecule has 0 aromatic heterocycles. The van der Waals surface area contributed by atoms with Crippen LogP contribution in [0.1, 0.15) is 19.4 Å². The Hall–Kier alpha value is -0.770. The van der Waals surface area contributed by atoms with Crippen LogP contribution in [0.4, 0.5) is 4.39 Å². The lowest BCUT2D eigenvalue weighted by molar-refractivity contribution is 0.338. The second-order valence-electron chi connectivity index (χ2n) is 4.63. The van der Waals surface area contributed by atoms with Gasteiger partial charge in [-0.15, -0.1) is 0 Å². The zero-order chi connectivity index (χ0) is 14.3. The molecule has 0 heterocycles. The van der Waals surface area contributed by atoms with Gasteiger partial charge in [-0.1, -0.05) is 43.1 Å². The molecule has 0 aliphatic heterocycles. The van der Waals surface area contributed by atoms with Crippen molar-refractivity contribution in [2.45, 2.75) is 20.4 Å². The Balaban J connectivity index is 2.54. The van der Waals surface area contributed by atoms with E-state index >= 15 is 0 Å². The normalized spacial score (nSPS) is 12.0. The molecule has 0 fully saturated rings. The zero-order valence-electron chi connectivity index (χ0n) is 11.1. The van der Waals surface area contributed by atoms with Crippen molar-refractivity contribution >= 4 is 23.2 Å². The van der Waals surface area contributed by atoms with Gasteiger partial charge < -0.3 is 10.1 Å². The molecule has 0 aliphatic rings. The van der Waals surface area contributed by atoms with E-state index in [1.165, 1.54) is 11.6 Å². The molecule has 1 N–H and O–H groups in total. The van der Waals surface area contributed by atoms with Crippen LogP contribution in [0.25, 0.3) is 0 Å². The predicted molar refractivity (Wildman–Crippen MR) is 78.2 cm³/mol. The van der Waals surface area contributed by atoms with E-state index in [-0.39, 0.29) is 12.4 Å². The first kappa shape index (κ1) is 16.3. The molecule has 0 unspecified atom stereocenters. The van der Waals surface area contributed by atoms with Gasteiger partial charge in [0.15, 0.2) is 11.6 Å². The molecule has 0 amide bonds. The number of hydrogen-bond donors (Lipinski definition) is 1. The summed E-state index contributed by atoms with van der Waals surface area (Å²) in [5, 5.41) is 3.57. The van der Waals surface area contributed by atoms with Gasteiger partial charge >= 0.3 is 0 Å². The van der Waals surface area contributed by atoms with Crippen LogP contribution >= 0.6 is 23.2 Å². The maximum absolute atomic E-state index is 13.7. The van der Waals surface area contributed by atoms with Gasteiger partial charge in [-0.05, 0) is 30.2 Å². The second kappa shape index (κ2) is 8.41. The first-order chi connectivity index (χ1) is 9.02. The first-order valence-electron chi connectivity index (χ1n) is 6.09. The Labute approximate surface area is 123 Å². The van der Waals surface area contributed by atoms with Crippen molar-refractivity contribution in [3.8, 4) is 5.75 Å². The van der Waals surface area contributed by atoms with Gasteiger partial charge in [0.2, 0.25) is 0 Å². The fraction of sp³-hybridized carbons (Fsp3) is 0.429. The van der Waals surface area contributed by atoms with E-state index in [2.05, 4.69) is 19.2 Å². The van der Waals surface area contributed by atoms with Crippen LogP contribution in [0.5, 0.6) is 5.75 Å². The molecule has 1 aromatic rings. The standard InChI is InChI=1S/C14H18Cl2FNO/c1-10(2)7-18-8-11-3-4-14(13(17)5-11)19-9-12(16)6-15/h3-6,10,18H,7-9H2,1-2H3/b12-6-. The summed E-state index contributed by atoms with van der Waals surface area (Å²) in [4.78, 5) is 0. The van der Waals surface area contributed by atoms with Crippen LogP contribution in [0, 0.1) is 11.7 Å². The minimum atomic E-state index is -0.400. The first-order valence-corrected chi connectivity index (χ1v) is 6.91. The number of benzene rings is 1. The van der Waals surface area contributed by atoms with Crippen LogP contribution in [-0.4, -0.2) is 13.2 Å². The maximum Gasteiger partial charge on any atom is 0.165 e. The van der Waals surface area contributed by atoms with Crippen LogP contribution in [0.15, 0.2) is 28.8 Å². The Kier molecular flexibility index (Phi) is 7.21. The molecule has 0 saturated carbocycles. The average Bonchev–Trinajstić information content (AvgIpc) is 2.37. The van der Waals surface area contributed by atoms with Gasteiger partial charge in [-0.2, -0.15) is 0 Å². The van der Waals surface area contributed by atoms with E-state index in [0.29, 0.717) is 17.5 Å². The van der Waals surface area contributed by atoms with E-state index in [4.69, 9.17) is 27.9 Å². The zero-order valence-corrected chi connectivity index (χ0v) is 12.6. The maximum atomic E-state index is 13.7. The molecular formula is C14H18Cl2FNO. The summed E-state index contributed by atoms with van der Waals surface area (Å²) in [6, 6.07) is 4.88. The van der Waals surface area contributed by atoms with Crippen molar-refractivity contribution in [3.05, 3.63) is 40.1 Å². The molecule has 0 aliphatic carbocycles. The highest BCUT2D eigenvalue weighted by molar-refractivity contribution is 6.36. The number of ether oxygens (including phenoxy) is 1. The molecule has 106 valence electrons. The van der Waals surface area contributed by atoms with Gasteiger partial charge in [-0.25, -0.2) is 4.39 Å². The SMILES string of the molecule is CC(C)CNCc1ccc(OC/C(Cl)=C/Cl)c(F)c1. The highest BCUT2D eigenvalue weighted by atomic mass is 35.5. The van der Waals surface area contributed by atoms with E-state index in [0.717, 1.165) is 12.1 Å². The molecular weight excluding hydrogens is 288 g/mol. The second-order valence-corrected chi connectivity index (χ2v) is 5.34. The molecule has 5 heteroatoms. The summed E-state index contributed by atoms with van der Waals surface area (Å²) in [6.45, 7) is 5.85. The Morgan fingerprint density at radius 3 is 2.79 bits per heavy atom. The third-order valence-electron chi connectivity index (χ3n) is 2.36. The lowest BCUT2D eigenvalue weighted by Crippen LogP contribution is -2.19. The number of rotatable bonds is 7. The Bertz CT molecular complexity index is 435. The Morgan fingerprint density at radius 1 is 1.47 bits per heavy atom. The molecule has 0 spiro atoms. The van der Waals surface area contributed by atoms with Crippen LogP contribution in [-0.2, 0) is 6.54 Å². The number of hydrogen-bond acceptors (Lipinski definition) is 2. The van der Waals surface area contributed by atoms with Crippen molar-refractivity contribution < 1.29 is 9.13 Å². The molecule has 0 bridgehead atoms. The van der Waals surface area contributed by atoms with E-state index in [1.807, 2.05) is 6.07 Å². The third kappa shape index (κ3) is 6.28. The minimum Gasteiger partial charge on any atom is -0.485 e. The van der Waals surface area contributed by atoms with Crippen LogP contribution in [0.3, 0.4) is 0 Å². The van der Waals surface area contributed by atoms with Crippen LogP contribution < -0.4 is 10.1 Å². The number of halogens is 3. The van der Waals surface area contributed by atoms with E-state index in [9.17, 15) is 4.39 Å². The number of nitrogens with one attached hydrogen (secondary N) is 1. The summed E-state index contributed by atoms with van der Waals surface area (Å²) in [6.07, 6.45) is 0. The topological polar surface area (TPSA) is 21.3 Å². The Morgan fingerprint density at radius 2 is 2.21 bits per heavy atom. The highest BCUT2D eigenvalue weighted by Gasteiger charge is 2.05. The summed E-state index contributed by atoms with van der Waals surface area (Å²) < 4.78 is 18.9. The molecule has 0 atom stereocenters. The van der Waals surface area contributed by atoms with Gasteiger partial charge in [0, 0.05) is 12.1 Å². The lowest BCUT2D eigenvalue weighted by atomic mass is 10.2. The monoisotopic (exact) mass is 305 g/mol. The molecule has 19 heavy (non-hydrogen) atoms. The molecule has 1 rings (SSSR count). The van der Waals surface area contributed by atoms with Gasteiger partial charge in [0.25, 0.3) is 0 Å². The predicted octanol–water partition coefficient (Wildman–Crippen LogP) is 4.27. The van der Waals surface area contributed by atoms with Gasteiger partial charge in [-0.3, -0.25) is 0 Å².